The second kappa shape index (κ2) is 5.23. The first-order chi connectivity index (χ1) is 9.77. The summed E-state index contributed by atoms with van der Waals surface area (Å²) in [5.74, 6) is -0.298. The monoisotopic (exact) mass is 263 g/mol. The fourth-order valence-corrected chi connectivity index (χ4v) is 2.27. The third kappa shape index (κ3) is 2.19. The number of Topliss-reactive ketones (excluding diaryl/α,β-unsaturated/α-hetero) is 1. The molecular formula is C17H13NO2. The van der Waals surface area contributed by atoms with Crippen molar-refractivity contribution in [3.8, 4) is 0 Å². The second-order valence-electron chi connectivity index (χ2n) is 4.58. The van der Waals surface area contributed by atoms with Crippen molar-refractivity contribution in [3.63, 3.8) is 0 Å². The average molecular weight is 263 g/mol. The Bertz CT molecular complexity index is 748. The molecule has 0 fully saturated rings. The number of carbonyl (C=O) groups is 1. The van der Waals surface area contributed by atoms with E-state index in [1.807, 2.05) is 12.1 Å². The van der Waals surface area contributed by atoms with Gasteiger partial charge in [-0.25, -0.2) is 0 Å². The van der Waals surface area contributed by atoms with Gasteiger partial charge in [0.05, 0.1) is 0 Å². The fourth-order valence-electron chi connectivity index (χ4n) is 2.27. The van der Waals surface area contributed by atoms with E-state index in [2.05, 4.69) is 4.98 Å². The van der Waals surface area contributed by atoms with Crippen molar-refractivity contribution in [3.05, 3.63) is 78.1 Å². The molecule has 0 spiro atoms. The van der Waals surface area contributed by atoms with Crippen LogP contribution in [0.3, 0.4) is 0 Å². The van der Waals surface area contributed by atoms with Crippen LogP contribution in [0.2, 0.25) is 0 Å². The molecule has 1 N–H and O–H groups in total. The summed E-state index contributed by atoms with van der Waals surface area (Å²) in [6.45, 7) is 0. The molecule has 3 nitrogen and oxygen atoms in total. The van der Waals surface area contributed by atoms with Crippen LogP contribution < -0.4 is 0 Å². The van der Waals surface area contributed by atoms with Crippen LogP contribution in [0.15, 0.2) is 67.0 Å². The maximum atomic E-state index is 12.5. The van der Waals surface area contributed by atoms with E-state index in [1.165, 1.54) is 0 Å². The number of benzene rings is 2. The van der Waals surface area contributed by atoms with Crippen molar-refractivity contribution in [1.82, 2.24) is 4.98 Å². The number of aliphatic hydroxyl groups excluding tert-OH is 1. The first kappa shape index (κ1) is 12.5. The highest BCUT2D eigenvalue weighted by Crippen LogP contribution is 2.24. The van der Waals surface area contributed by atoms with E-state index < -0.39 is 6.10 Å². The molecule has 0 aliphatic rings. The predicted octanol–water partition coefficient (Wildman–Crippen LogP) is 3.15. The molecule has 0 saturated heterocycles. The zero-order valence-corrected chi connectivity index (χ0v) is 10.7. The summed E-state index contributed by atoms with van der Waals surface area (Å²) in [5, 5.41) is 11.9. The number of carbonyl (C=O) groups excluding carboxylic acids is 1. The number of rotatable bonds is 3. The lowest BCUT2D eigenvalue weighted by molar-refractivity contribution is 0.0749. The van der Waals surface area contributed by atoms with Gasteiger partial charge in [-0.2, -0.15) is 0 Å². The second-order valence-corrected chi connectivity index (χ2v) is 4.58. The molecule has 0 amide bonds. The Kier molecular flexibility index (Phi) is 3.27. The molecule has 0 saturated carbocycles. The lowest BCUT2D eigenvalue weighted by atomic mass is 9.96. The summed E-state index contributed by atoms with van der Waals surface area (Å²) in [7, 11) is 0. The van der Waals surface area contributed by atoms with E-state index in [0.29, 0.717) is 11.1 Å². The molecule has 0 aliphatic carbocycles. The number of hydrogen-bond acceptors (Lipinski definition) is 3. The average Bonchev–Trinajstić information content (AvgIpc) is 2.54. The van der Waals surface area contributed by atoms with Gasteiger partial charge in [0, 0.05) is 23.3 Å². The molecule has 2 aromatic carbocycles. The maximum Gasteiger partial charge on any atom is 0.196 e. The molecule has 0 radical (unpaired) electrons. The first-order valence-corrected chi connectivity index (χ1v) is 6.37. The topological polar surface area (TPSA) is 50.2 Å². The van der Waals surface area contributed by atoms with E-state index >= 15 is 0 Å². The van der Waals surface area contributed by atoms with Gasteiger partial charge in [0.15, 0.2) is 5.78 Å². The largest absolute Gasteiger partial charge is 0.380 e. The number of aliphatic hydroxyl groups is 1. The van der Waals surface area contributed by atoms with E-state index in [1.54, 1.807) is 54.9 Å². The Hall–Kier alpha value is -2.52. The molecule has 3 rings (SSSR count). The summed E-state index contributed by atoms with van der Waals surface area (Å²) in [6, 6.07) is 16.2. The first-order valence-electron chi connectivity index (χ1n) is 6.37. The van der Waals surface area contributed by atoms with Gasteiger partial charge < -0.3 is 5.11 Å². The Morgan fingerprint density at radius 1 is 1.00 bits per heavy atom. The summed E-state index contributed by atoms with van der Waals surface area (Å²) < 4.78 is 0. The van der Waals surface area contributed by atoms with E-state index in [-0.39, 0.29) is 5.78 Å². The maximum absolute atomic E-state index is 12.5. The van der Waals surface area contributed by atoms with Crippen LogP contribution in [0.25, 0.3) is 10.8 Å². The summed E-state index contributed by atoms with van der Waals surface area (Å²) >= 11 is 0. The van der Waals surface area contributed by atoms with Crippen LogP contribution in [0.1, 0.15) is 22.0 Å². The number of aromatic nitrogens is 1. The third-order valence-corrected chi connectivity index (χ3v) is 3.31. The minimum atomic E-state index is -1.14. The highest BCUT2D eigenvalue weighted by molar-refractivity contribution is 6.10. The van der Waals surface area contributed by atoms with E-state index in [4.69, 9.17) is 0 Å². The number of ketones is 1. The molecular weight excluding hydrogens is 250 g/mol. The predicted molar refractivity (Wildman–Crippen MR) is 77.5 cm³/mol. The van der Waals surface area contributed by atoms with Gasteiger partial charge >= 0.3 is 0 Å². The Balaban J connectivity index is 2.05. The van der Waals surface area contributed by atoms with Gasteiger partial charge in [-0.3, -0.25) is 9.78 Å². The van der Waals surface area contributed by atoms with Crippen LogP contribution >= 0.6 is 0 Å². The van der Waals surface area contributed by atoms with Gasteiger partial charge in [0.2, 0.25) is 0 Å². The van der Waals surface area contributed by atoms with Gasteiger partial charge in [-0.1, -0.05) is 48.5 Å². The van der Waals surface area contributed by atoms with Crippen molar-refractivity contribution in [2.45, 2.75) is 6.10 Å². The Morgan fingerprint density at radius 3 is 2.60 bits per heavy atom. The highest BCUT2D eigenvalue weighted by atomic mass is 16.3. The molecule has 3 aromatic rings. The summed E-state index contributed by atoms with van der Waals surface area (Å²) in [6.07, 6.45) is 2.21. The normalized spacial score (nSPS) is 12.2. The molecule has 3 heteroatoms. The molecule has 1 aromatic heterocycles. The minimum absolute atomic E-state index is 0.298. The Labute approximate surface area is 116 Å². The van der Waals surface area contributed by atoms with Crippen molar-refractivity contribution in [2.24, 2.45) is 0 Å². The molecule has 20 heavy (non-hydrogen) atoms. The van der Waals surface area contributed by atoms with Gasteiger partial charge in [-0.15, -0.1) is 0 Å². The Morgan fingerprint density at radius 2 is 1.80 bits per heavy atom. The molecule has 0 bridgehead atoms. The standard InChI is InChI=1S/C17H13NO2/c19-16(12-5-2-1-3-6-12)17(20)15-8-4-7-13-11-18-10-9-14(13)15/h1-11,16,19H. The highest BCUT2D eigenvalue weighted by Gasteiger charge is 2.20. The van der Waals surface area contributed by atoms with Gasteiger partial charge in [0.25, 0.3) is 0 Å². The molecule has 1 unspecified atom stereocenters. The van der Waals surface area contributed by atoms with Crippen LogP contribution in [0.5, 0.6) is 0 Å². The smallest absolute Gasteiger partial charge is 0.196 e. The molecule has 0 aliphatic heterocycles. The number of fused-ring (bicyclic) bond motifs is 1. The number of nitrogens with zero attached hydrogens (tertiary/aromatic N) is 1. The number of pyridine rings is 1. The quantitative estimate of drug-likeness (QED) is 0.738. The third-order valence-electron chi connectivity index (χ3n) is 3.31. The van der Waals surface area contributed by atoms with Crippen LogP contribution in [0.4, 0.5) is 0 Å². The lowest BCUT2D eigenvalue weighted by Gasteiger charge is -2.11. The van der Waals surface area contributed by atoms with Crippen LogP contribution in [-0.4, -0.2) is 15.9 Å². The van der Waals surface area contributed by atoms with Crippen molar-refractivity contribution >= 4 is 16.6 Å². The zero-order valence-electron chi connectivity index (χ0n) is 10.7. The van der Waals surface area contributed by atoms with Crippen molar-refractivity contribution in [1.29, 1.82) is 0 Å². The van der Waals surface area contributed by atoms with Gasteiger partial charge in [-0.05, 0) is 17.0 Å². The van der Waals surface area contributed by atoms with Crippen molar-refractivity contribution in [2.75, 3.05) is 0 Å². The summed E-state index contributed by atoms with van der Waals surface area (Å²) in [4.78, 5) is 16.5. The summed E-state index contributed by atoms with van der Waals surface area (Å²) in [5.41, 5.74) is 1.12. The van der Waals surface area contributed by atoms with Crippen molar-refractivity contribution < 1.29 is 9.90 Å². The molecule has 98 valence electrons. The number of hydrogen-bond donors (Lipinski definition) is 1. The molecule has 1 heterocycles. The zero-order chi connectivity index (χ0) is 13.9. The fraction of sp³-hybridized carbons (Fsp3) is 0.0588. The SMILES string of the molecule is O=C(c1cccc2cnccc12)C(O)c1ccccc1. The van der Waals surface area contributed by atoms with Gasteiger partial charge in [0.1, 0.15) is 6.10 Å². The van der Waals surface area contributed by atoms with Crippen LogP contribution in [-0.2, 0) is 0 Å². The lowest BCUT2D eigenvalue weighted by Crippen LogP contribution is -2.12. The van der Waals surface area contributed by atoms with E-state index in [0.717, 1.165) is 10.8 Å². The van der Waals surface area contributed by atoms with E-state index in [9.17, 15) is 9.90 Å². The van der Waals surface area contributed by atoms with Crippen LogP contribution in [0, 0.1) is 0 Å². The molecule has 1 atom stereocenters. The minimum Gasteiger partial charge on any atom is -0.380 e.